The van der Waals surface area contributed by atoms with Crippen molar-refractivity contribution in [2.75, 3.05) is 0 Å². The third-order valence-electron chi connectivity index (χ3n) is 3.03. The van der Waals surface area contributed by atoms with Crippen molar-refractivity contribution < 1.29 is 4.79 Å². The zero-order chi connectivity index (χ0) is 12.7. The minimum atomic E-state index is 0.0205. The summed E-state index contributed by atoms with van der Waals surface area (Å²) in [6, 6.07) is 14.2. The number of Topliss-reactive ketones (excluding diaryl/α,β-unsaturated/α-hetero) is 1. The van der Waals surface area contributed by atoms with Crippen molar-refractivity contribution in [2.45, 2.75) is 6.92 Å². The molecule has 0 radical (unpaired) electrons. The first-order valence-corrected chi connectivity index (χ1v) is 6.60. The van der Waals surface area contributed by atoms with E-state index in [4.69, 9.17) is 0 Å². The van der Waals surface area contributed by atoms with Crippen molar-refractivity contribution in [3.63, 3.8) is 0 Å². The van der Waals surface area contributed by atoms with E-state index in [2.05, 4.69) is 18.7 Å². The second-order valence-electron chi connectivity index (χ2n) is 4.42. The number of hydrogen-bond acceptors (Lipinski definition) is 2. The fourth-order valence-electron chi connectivity index (χ4n) is 2.11. The summed E-state index contributed by atoms with van der Waals surface area (Å²) >= 11 is 1.76. The summed E-state index contributed by atoms with van der Waals surface area (Å²) in [5, 5.41) is 2.37. The van der Waals surface area contributed by atoms with Crippen molar-refractivity contribution in [3.8, 4) is 0 Å². The Morgan fingerprint density at radius 1 is 1.06 bits per heavy atom. The van der Waals surface area contributed by atoms with Gasteiger partial charge in [0.1, 0.15) is 0 Å². The molecule has 0 bridgehead atoms. The molecule has 2 heteroatoms. The van der Waals surface area contributed by atoms with Crippen molar-refractivity contribution in [2.24, 2.45) is 0 Å². The Morgan fingerprint density at radius 3 is 2.56 bits per heavy atom. The van der Waals surface area contributed by atoms with Gasteiger partial charge in [0.25, 0.3) is 0 Å². The molecule has 0 spiro atoms. The summed E-state index contributed by atoms with van der Waals surface area (Å²) < 4.78 is 2.47. The lowest BCUT2D eigenvalue weighted by Gasteiger charge is -2.00. The average molecular weight is 252 g/mol. The van der Waals surface area contributed by atoms with Gasteiger partial charge in [-0.3, -0.25) is 4.79 Å². The zero-order valence-corrected chi connectivity index (χ0v) is 10.9. The first kappa shape index (κ1) is 11.2. The summed E-state index contributed by atoms with van der Waals surface area (Å²) in [6.45, 7) is 5.46. The maximum atomic E-state index is 11.9. The van der Waals surface area contributed by atoms with Crippen LogP contribution < -0.4 is 0 Å². The molecule has 18 heavy (non-hydrogen) atoms. The lowest BCUT2D eigenvalue weighted by molar-refractivity contribution is 0.103. The zero-order valence-electron chi connectivity index (χ0n) is 10.1. The van der Waals surface area contributed by atoms with Gasteiger partial charge in [0.15, 0.2) is 5.78 Å². The molecule has 0 amide bonds. The number of benzene rings is 2. The van der Waals surface area contributed by atoms with Crippen LogP contribution in [0.15, 0.2) is 54.6 Å². The molecule has 0 saturated carbocycles. The summed E-state index contributed by atoms with van der Waals surface area (Å²) in [5.41, 5.74) is 1.30. The highest BCUT2D eigenvalue weighted by molar-refractivity contribution is 7.25. The Balaban J connectivity index is 2.31. The van der Waals surface area contributed by atoms with Crippen LogP contribution in [-0.4, -0.2) is 5.78 Å². The summed E-state index contributed by atoms with van der Waals surface area (Å²) in [6.07, 6.45) is 0. The highest BCUT2D eigenvalue weighted by Crippen LogP contribution is 2.34. The van der Waals surface area contributed by atoms with E-state index in [-0.39, 0.29) is 5.78 Å². The van der Waals surface area contributed by atoms with Gasteiger partial charge in [0, 0.05) is 25.7 Å². The fraction of sp³-hybridized carbons (Fsp3) is 0.0625. The van der Waals surface area contributed by atoms with E-state index in [9.17, 15) is 4.79 Å². The lowest BCUT2D eigenvalue weighted by Crippen LogP contribution is -1.98. The Kier molecular flexibility index (Phi) is 2.53. The second kappa shape index (κ2) is 4.07. The van der Waals surface area contributed by atoms with Gasteiger partial charge in [0.2, 0.25) is 0 Å². The summed E-state index contributed by atoms with van der Waals surface area (Å²) in [5.74, 6) is 0.0205. The van der Waals surface area contributed by atoms with Gasteiger partial charge in [-0.2, -0.15) is 0 Å². The van der Waals surface area contributed by atoms with E-state index in [1.165, 1.54) is 14.8 Å². The Morgan fingerprint density at radius 2 is 1.78 bits per heavy atom. The highest BCUT2D eigenvalue weighted by Gasteiger charge is 2.10. The minimum Gasteiger partial charge on any atom is -0.289 e. The number of hydrogen-bond donors (Lipinski definition) is 0. The minimum absolute atomic E-state index is 0.0205. The van der Waals surface area contributed by atoms with E-state index >= 15 is 0 Å². The van der Waals surface area contributed by atoms with Crippen molar-refractivity contribution in [1.82, 2.24) is 0 Å². The molecular formula is C16H12OS. The molecule has 0 N–H and O–H groups in total. The van der Waals surface area contributed by atoms with Crippen LogP contribution in [-0.2, 0) is 0 Å². The fourth-order valence-corrected chi connectivity index (χ4v) is 3.20. The average Bonchev–Trinajstić information content (AvgIpc) is 2.75. The number of rotatable bonds is 2. The predicted molar refractivity (Wildman–Crippen MR) is 78.5 cm³/mol. The Labute approximate surface area is 109 Å². The third kappa shape index (κ3) is 1.66. The topological polar surface area (TPSA) is 17.1 Å². The van der Waals surface area contributed by atoms with Gasteiger partial charge in [0.05, 0.1) is 0 Å². The molecule has 1 heterocycles. The predicted octanol–water partition coefficient (Wildman–Crippen LogP) is 4.81. The van der Waals surface area contributed by atoms with Crippen molar-refractivity contribution in [1.29, 1.82) is 0 Å². The molecule has 0 atom stereocenters. The van der Waals surface area contributed by atoms with Gasteiger partial charge in [-0.1, -0.05) is 24.8 Å². The van der Waals surface area contributed by atoms with E-state index in [1.807, 2.05) is 30.3 Å². The quantitative estimate of drug-likeness (QED) is 0.472. The maximum absolute atomic E-state index is 11.9. The molecule has 0 aliphatic rings. The molecule has 0 aliphatic heterocycles. The van der Waals surface area contributed by atoms with E-state index in [1.54, 1.807) is 18.3 Å². The molecule has 0 saturated heterocycles. The Bertz CT molecular complexity index is 780. The summed E-state index contributed by atoms with van der Waals surface area (Å²) in [7, 11) is 0. The maximum Gasteiger partial charge on any atom is 0.188 e. The second-order valence-corrected chi connectivity index (χ2v) is 5.50. The molecule has 0 unspecified atom stereocenters. The van der Waals surface area contributed by atoms with Crippen LogP contribution in [0.4, 0.5) is 0 Å². The monoisotopic (exact) mass is 252 g/mol. The smallest absolute Gasteiger partial charge is 0.188 e. The largest absolute Gasteiger partial charge is 0.289 e. The van der Waals surface area contributed by atoms with Gasteiger partial charge in [-0.25, -0.2) is 0 Å². The lowest BCUT2D eigenvalue weighted by atomic mass is 10.0. The molecular weight excluding hydrogens is 240 g/mol. The standard InChI is InChI=1S/C16H12OS/c1-10(2)16(17)11-7-8-15-13(9-11)12-5-3-4-6-14(12)18-15/h3-9H,1H2,2H3. The van der Waals surface area contributed by atoms with Crippen LogP contribution >= 0.6 is 11.3 Å². The first-order valence-electron chi connectivity index (χ1n) is 5.78. The van der Waals surface area contributed by atoms with Crippen molar-refractivity contribution in [3.05, 3.63) is 60.2 Å². The Hall–Kier alpha value is -1.93. The van der Waals surface area contributed by atoms with E-state index in [0.717, 1.165) is 10.9 Å². The molecule has 2 aromatic carbocycles. The number of thiophene rings is 1. The van der Waals surface area contributed by atoms with E-state index in [0.29, 0.717) is 5.57 Å². The number of carbonyl (C=O) groups is 1. The molecule has 0 aliphatic carbocycles. The van der Waals surface area contributed by atoms with Gasteiger partial charge in [-0.15, -0.1) is 11.3 Å². The summed E-state index contributed by atoms with van der Waals surface area (Å²) in [4.78, 5) is 11.9. The van der Waals surface area contributed by atoms with Crippen LogP contribution in [0.25, 0.3) is 20.2 Å². The highest BCUT2D eigenvalue weighted by atomic mass is 32.1. The van der Waals surface area contributed by atoms with E-state index < -0.39 is 0 Å². The van der Waals surface area contributed by atoms with Crippen LogP contribution in [0.2, 0.25) is 0 Å². The molecule has 1 nitrogen and oxygen atoms in total. The van der Waals surface area contributed by atoms with Crippen LogP contribution in [0.3, 0.4) is 0 Å². The normalized spacial score (nSPS) is 10.9. The number of ketones is 1. The molecule has 3 aromatic rings. The molecule has 88 valence electrons. The van der Waals surface area contributed by atoms with Crippen LogP contribution in [0.1, 0.15) is 17.3 Å². The SMILES string of the molecule is C=C(C)C(=O)c1ccc2sc3ccccc3c2c1. The van der Waals surface area contributed by atoms with Crippen LogP contribution in [0, 0.1) is 0 Å². The number of carbonyl (C=O) groups excluding carboxylic acids is 1. The first-order chi connectivity index (χ1) is 8.66. The number of fused-ring (bicyclic) bond motifs is 3. The van der Waals surface area contributed by atoms with Crippen LogP contribution in [0.5, 0.6) is 0 Å². The molecule has 1 aromatic heterocycles. The van der Waals surface area contributed by atoms with Gasteiger partial charge in [-0.05, 0) is 36.8 Å². The number of allylic oxidation sites excluding steroid dienone is 1. The van der Waals surface area contributed by atoms with Gasteiger partial charge >= 0.3 is 0 Å². The van der Waals surface area contributed by atoms with Gasteiger partial charge < -0.3 is 0 Å². The van der Waals surface area contributed by atoms with Crippen molar-refractivity contribution >= 4 is 37.3 Å². The molecule has 3 rings (SSSR count). The third-order valence-corrected chi connectivity index (χ3v) is 4.18. The molecule has 0 fully saturated rings.